The fraction of sp³-hybridized carbons (Fsp3) is 0.417. The Morgan fingerprint density at radius 1 is 1.40 bits per heavy atom. The Labute approximate surface area is 126 Å². The van der Waals surface area contributed by atoms with E-state index in [-0.39, 0.29) is 17.1 Å². The number of aliphatic hydroxyl groups excluding tert-OH is 1. The fourth-order valence-corrected chi connectivity index (χ4v) is 3.96. The lowest BCUT2D eigenvalue weighted by Crippen LogP contribution is -2.46. The molecule has 0 radical (unpaired) electrons. The van der Waals surface area contributed by atoms with Crippen LogP contribution < -0.4 is 4.72 Å². The van der Waals surface area contributed by atoms with Crippen LogP contribution in [0.15, 0.2) is 21.5 Å². The van der Waals surface area contributed by atoms with E-state index in [0.29, 0.717) is 10.0 Å². The maximum Gasteiger partial charge on any atom is 0.335 e. The van der Waals surface area contributed by atoms with Crippen molar-refractivity contribution in [3.05, 3.63) is 27.7 Å². The van der Waals surface area contributed by atoms with Crippen LogP contribution in [0.25, 0.3) is 0 Å². The van der Waals surface area contributed by atoms with Crippen LogP contribution in [0.2, 0.25) is 0 Å². The van der Waals surface area contributed by atoms with Gasteiger partial charge in [-0.25, -0.2) is 17.9 Å². The predicted octanol–water partition coefficient (Wildman–Crippen LogP) is 1.50. The predicted molar refractivity (Wildman–Crippen MR) is 77.3 cm³/mol. The van der Waals surface area contributed by atoms with Gasteiger partial charge in [0.1, 0.15) is 0 Å². The summed E-state index contributed by atoms with van der Waals surface area (Å²) in [6.45, 7) is 4.26. The van der Waals surface area contributed by atoms with Crippen molar-refractivity contribution in [3.8, 4) is 0 Å². The van der Waals surface area contributed by atoms with Crippen molar-refractivity contribution in [2.75, 3.05) is 6.61 Å². The average Bonchev–Trinajstić information content (AvgIpc) is 2.30. The van der Waals surface area contributed by atoms with Crippen LogP contribution in [0.3, 0.4) is 0 Å². The second kappa shape index (κ2) is 5.80. The summed E-state index contributed by atoms with van der Waals surface area (Å²) in [5, 5.41) is 18.1. The van der Waals surface area contributed by atoms with E-state index in [1.54, 1.807) is 6.92 Å². The van der Waals surface area contributed by atoms with Crippen LogP contribution in [0, 0.1) is 6.92 Å². The first-order valence-electron chi connectivity index (χ1n) is 5.68. The molecule has 20 heavy (non-hydrogen) atoms. The Morgan fingerprint density at radius 3 is 2.40 bits per heavy atom. The number of benzene rings is 1. The van der Waals surface area contributed by atoms with Crippen molar-refractivity contribution in [1.29, 1.82) is 0 Å². The van der Waals surface area contributed by atoms with Gasteiger partial charge in [-0.3, -0.25) is 0 Å². The van der Waals surface area contributed by atoms with Crippen molar-refractivity contribution in [1.82, 2.24) is 4.72 Å². The molecular weight excluding hydrogens is 350 g/mol. The number of hydrogen-bond acceptors (Lipinski definition) is 4. The molecule has 112 valence electrons. The summed E-state index contributed by atoms with van der Waals surface area (Å²) < 4.78 is 27.2. The lowest BCUT2D eigenvalue weighted by atomic mass is 10.1. The molecule has 0 aliphatic rings. The lowest BCUT2D eigenvalue weighted by molar-refractivity contribution is 0.0696. The molecule has 0 atom stereocenters. The van der Waals surface area contributed by atoms with Crippen molar-refractivity contribution in [2.24, 2.45) is 0 Å². The molecule has 6 nitrogen and oxygen atoms in total. The molecule has 0 amide bonds. The minimum atomic E-state index is -3.96. The highest BCUT2D eigenvalue weighted by Gasteiger charge is 2.28. The fourth-order valence-electron chi connectivity index (χ4n) is 1.51. The Kier molecular flexibility index (Phi) is 4.96. The second-order valence-corrected chi connectivity index (χ2v) is 7.50. The summed E-state index contributed by atoms with van der Waals surface area (Å²) in [5.74, 6) is -1.21. The molecule has 0 aromatic heterocycles. The average molecular weight is 366 g/mol. The number of halogens is 1. The zero-order valence-electron chi connectivity index (χ0n) is 11.3. The smallest absolute Gasteiger partial charge is 0.335 e. The van der Waals surface area contributed by atoms with Gasteiger partial charge in [-0.1, -0.05) is 0 Å². The van der Waals surface area contributed by atoms with Crippen LogP contribution in [-0.2, 0) is 10.0 Å². The van der Waals surface area contributed by atoms with Crippen LogP contribution in [0.5, 0.6) is 0 Å². The molecule has 0 saturated heterocycles. The second-order valence-electron chi connectivity index (χ2n) is 5.06. The molecule has 1 aromatic rings. The highest BCUT2D eigenvalue weighted by Crippen LogP contribution is 2.28. The minimum Gasteiger partial charge on any atom is -0.478 e. The van der Waals surface area contributed by atoms with E-state index in [0.717, 1.165) is 6.07 Å². The quantitative estimate of drug-likeness (QED) is 0.733. The zero-order valence-corrected chi connectivity index (χ0v) is 13.7. The Hall–Kier alpha value is -0.960. The third-order valence-corrected chi connectivity index (χ3v) is 5.60. The number of hydrogen-bond donors (Lipinski definition) is 3. The first kappa shape index (κ1) is 17.1. The molecule has 0 aliphatic heterocycles. The van der Waals surface area contributed by atoms with Crippen molar-refractivity contribution in [3.63, 3.8) is 0 Å². The van der Waals surface area contributed by atoms with E-state index in [2.05, 4.69) is 20.7 Å². The molecule has 0 unspecified atom stereocenters. The molecule has 1 rings (SSSR count). The van der Waals surface area contributed by atoms with Gasteiger partial charge in [0.25, 0.3) is 0 Å². The zero-order chi connectivity index (χ0) is 15.7. The van der Waals surface area contributed by atoms with Crippen LogP contribution in [0.4, 0.5) is 0 Å². The van der Waals surface area contributed by atoms with Gasteiger partial charge in [-0.15, -0.1) is 0 Å². The number of rotatable bonds is 5. The van der Waals surface area contributed by atoms with Gasteiger partial charge >= 0.3 is 5.97 Å². The van der Waals surface area contributed by atoms with Gasteiger partial charge in [0, 0.05) is 4.47 Å². The molecule has 3 N–H and O–H groups in total. The van der Waals surface area contributed by atoms with Gasteiger partial charge in [0.15, 0.2) is 0 Å². The van der Waals surface area contributed by atoms with Crippen molar-refractivity contribution in [2.45, 2.75) is 31.2 Å². The lowest BCUT2D eigenvalue weighted by Gasteiger charge is -2.24. The van der Waals surface area contributed by atoms with Gasteiger partial charge in [0.2, 0.25) is 10.0 Å². The van der Waals surface area contributed by atoms with Gasteiger partial charge in [-0.05, 0) is 54.4 Å². The number of aromatic carboxylic acids is 1. The molecular formula is C12H16BrNO5S. The molecule has 0 saturated carbocycles. The van der Waals surface area contributed by atoms with Gasteiger partial charge < -0.3 is 10.2 Å². The first-order valence-corrected chi connectivity index (χ1v) is 7.96. The summed E-state index contributed by atoms with van der Waals surface area (Å²) in [5.41, 5.74) is -0.675. The normalized spacial score (nSPS) is 12.4. The molecule has 0 aliphatic carbocycles. The maximum atomic E-state index is 12.3. The highest BCUT2D eigenvalue weighted by atomic mass is 79.9. The highest BCUT2D eigenvalue weighted by molar-refractivity contribution is 9.10. The topological polar surface area (TPSA) is 104 Å². The van der Waals surface area contributed by atoms with Crippen LogP contribution in [-0.4, -0.2) is 36.7 Å². The van der Waals surface area contributed by atoms with Gasteiger partial charge in [0.05, 0.1) is 22.6 Å². The summed E-state index contributed by atoms with van der Waals surface area (Å²) in [4.78, 5) is 10.8. The number of aryl methyl sites for hydroxylation is 1. The van der Waals surface area contributed by atoms with E-state index < -0.39 is 21.5 Å². The largest absolute Gasteiger partial charge is 0.478 e. The Bertz CT molecular complexity index is 639. The first-order chi connectivity index (χ1) is 9.00. The number of sulfonamides is 1. The third kappa shape index (κ3) is 3.78. The van der Waals surface area contributed by atoms with E-state index in [1.807, 2.05) is 0 Å². The molecule has 0 spiro atoms. The minimum absolute atomic E-state index is 0.118. The Morgan fingerprint density at radius 2 is 1.95 bits per heavy atom. The monoisotopic (exact) mass is 365 g/mol. The standard InChI is InChI=1S/C12H16BrNO5S/c1-7-4-8(11(16)17)5-9(10(7)13)20(18,19)14-12(2,3)6-15/h4-5,14-15H,6H2,1-3H3,(H,16,17). The molecule has 8 heteroatoms. The number of carbonyl (C=O) groups is 1. The molecule has 0 bridgehead atoms. The molecule has 1 aromatic carbocycles. The molecule has 0 fully saturated rings. The van der Waals surface area contributed by atoms with E-state index >= 15 is 0 Å². The number of carboxylic acids is 1. The Balaban J connectivity index is 3.42. The third-order valence-electron chi connectivity index (χ3n) is 2.56. The van der Waals surface area contributed by atoms with Crippen molar-refractivity contribution >= 4 is 31.9 Å². The van der Waals surface area contributed by atoms with E-state index in [1.165, 1.54) is 19.9 Å². The number of carboxylic acid groups (broad SMARTS) is 1. The van der Waals surface area contributed by atoms with Gasteiger partial charge in [-0.2, -0.15) is 0 Å². The van der Waals surface area contributed by atoms with E-state index in [9.17, 15) is 13.2 Å². The van der Waals surface area contributed by atoms with Crippen LogP contribution >= 0.6 is 15.9 Å². The van der Waals surface area contributed by atoms with Crippen molar-refractivity contribution < 1.29 is 23.4 Å². The summed E-state index contributed by atoms with van der Waals surface area (Å²) in [7, 11) is -3.96. The maximum absolute atomic E-state index is 12.3. The molecule has 0 heterocycles. The van der Waals surface area contributed by atoms with E-state index in [4.69, 9.17) is 10.2 Å². The summed E-state index contributed by atoms with van der Waals surface area (Å²) in [6.07, 6.45) is 0. The number of aliphatic hydroxyl groups is 1. The SMILES string of the molecule is Cc1cc(C(=O)O)cc(S(=O)(=O)NC(C)(C)CO)c1Br. The summed E-state index contributed by atoms with van der Waals surface area (Å²) >= 11 is 3.15. The number of nitrogens with one attached hydrogen (secondary N) is 1. The summed E-state index contributed by atoms with van der Waals surface area (Å²) in [6, 6.07) is 2.46. The van der Waals surface area contributed by atoms with Crippen LogP contribution in [0.1, 0.15) is 29.8 Å².